The van der Waals surface area contributed by atoms with Gasteiger partial charge in [0.05, 0.1) is 6.54 Å². The maximum Gasteiger partial charge on any atom is 0.236 e. The van der Waals surface area contributed by atoms with Crippen molar-refractivity contribution >= 4 is 23.3 Å². The van der Waals surface area contributed by atoms with E-state index in [4.69, 9.17) is 17.3 Å². The van der Waals surface area contributed by atoms with Crippen LogP contribution in [-0.4, -0.2) is 22.4 Å². The van der Waals surface area contributed by atoms with Crippen LogP contribution in [0.25, 0.3) is 0 Å². The highest BCUT2D eigenvalue weighted by atomic mass is 35.5. The zero-order chi connectivity index (χ0) is 12.3. The van der Waals surface area contributed by atoms with Crippen molar-refractivity contribution in [2.75, 3.05) is 11.9 Å². The van der Waals surface area contributed by atoms with Gasteiger partial charge in [0, 0.05) is 11.5 Å². The number of nitrogens with two attached hydrogens (primary N) is 1. The summed E-state index contributed by atoms with van der Waals surface area (Å²) in [5.41, 5.74) is 5.76. The number of primary amides is 1. The third-order valence-corrected chi connectivity index (χ3v) is 2.42. The Morgan fingerprint density at radius 1 is 1.50 bits per heavy atom. The van der Waals surface area contributed by atoms with E-state index in [0.717, 1.165) is 0 Å². The van der Waals surface area contributed by atoms with Crippen molar-refractivity contribution in [3.8, 4) is 0 Å². The Bertz CT molecular complexity index is 406. The van der Waals surface area contributed by atoms with E-state index in [1.807, 2.05) is 13.8 Å². The fourth-order valence-corrected chi connectivity index (χ4v) is 1.28. The first kappa shape index (κ1) is 12.7. The number of hydrogen-bond donors (Lipinski definition) is 2. The number of hydrogen-bond acceptors (Lipinski definition) is 4. The molecule has 0 spiro atoms. The van der Waals surface area contributed by atoms with Gasteiger partial charge in [0.25, 0.3) is 0 Å². The first-order valence-electron chi connectivity index (χ1n) is 4.98. The van der Waals surface area contributed by atoms with Crippen LogP contribution in [0.5, 0.6) is 0 Å². The van der Waals surface area contributed by atoms with Crippen LogP contribution < -0.4 is 11.1 Å². The molecule has 1 heterocycles. The number of carbonyl (C=O) groups is 1. The van der Waals surface area contributed by atoms with Gasteiger partial charge >= 0.3 is 0 Å². The number of nitrogens with one attached hydrogen (secondary N) is 1. The number of anilines is 1. The van der Waals surface area contributed by atoms with E-state index in [0.29, 0.717) is 22.4 Å². The number of halogens is 1. The quantitative estimate of drug-likeness (QED) is 0.784. The molecule has 0 atom stereocenters. The van der Waals surface area contributed by atoms with Gasteiger partial charge in [-0.1, -0.05) is 25.4 Å². The molecule has 0 bridgehead atoms. The fraction of sp³-hybridized carbons (Fsp3) is 0.500. The molecule has 0 aliphatic heterocycles. The summed E-state index contributed by atoms with van der Waals surface area (Å²) in [5.74, 6) is 0.928. The van der Waals surface area contributed by atoms with Crippen LogP contribution in [0.15, 0.2) is 0 Å². The van der Waals surface area contributed by atoms with Crippen molar-refractivity contribution in [1.29, 1.82) is 0 Å². The average molecular weight is 243 g/mol. The predicted octanol–water partition coefficient (Wildman–Crippen LogP) is 1.46. The highest BCUT2D eigenvalue weighted by Crippen LogP contribution is 2.22. The standard InChI is InChI=1S/C10H15ClN4O/c1-5(2)9-14-8(11)6(3)10(15-9)13-4-7(12)16/h5H,4H2,1-3H3,(H2,12,16)(H,13,14,15). The second-order valence-electron chi connectivity index (χ2n) is 3.82. The van der Waals surface area contributed by atoms with Crippen molar-refractivity contribution in [2.24, 2.45) is 5.73 Å². The molecule has 1 aromatic heterocycles. The number of nitrogens with zero attached hydrogens (tertiary/aromatic N) is 2. The number of carbonyl (C=O) groups excluding carboxylic acids is 1. The van der Waals surface area contributed by atoms with Crippen molar-refractivity contribution in [3.63, 3.8) is 0 Å². The van der Waals surface area contributed by atoms with Gasteiger partial charge in [-0.15, -0.1) is 0 Å². The molecule has 5 nitrogen and oxygen atoms in total. The Labute approximate surface area is 99.4 Å². The van der Waals surface area contributed by atoms with E-state index in [9.17, 15) is 4.79 Å². The number of rotatable bonds is 4. The maximum absolute atomic E-state index is 10.7. The molecule has 16 heavy (non-hydrogen) atoms. The monoisotopic (exact) mass is 242 g/mol. The van der Waals surface area contributed by atoms with Crippen LogP contribution in [0, 0.1) is 6.92 Å². The number of aromatic nitrogens is 2. The Morgan fingerprint density at radius 3 is 2.62 bits per heavy atom. The summed E-state index contributed by atoms with van der Waals surface area (Å²) in [4.78, 5) is 19.1. The zero-order valence-corrected chi connectivity index (χ0v) is 10.3. The average Bonchev–Trinajstić information content (AvgIpc) is 2.19. The molecule has 3 N–H and O–H groups in total. The minimum atomic E-state index is -0.444. The lowest BCUT2D eigenvalue weighted by atomic mass is 10.2. The highest BCUT2D eigenvalue weighted by Gasteiger charge is 2.11. The summed E-state index contributed by atoms with van der Waals surface area (Å²) in [6.07, 6.45) is 0. The fourth-order valence-electron chi connectivity index (χ4n) is 1.11. The van der Waals surface area contributed by atoms with Crippen molar-refractivity contribution < 1.29 is 4.79 Å². The Kier molecular flexibility index (Phi) is 4.06. The molecule has 88 valence electrons. The molecule has 0 radical (unpaired) electrons. The smallest absolute Gasteiger partial charge is 0.236 e. The third kappa shape index (κ3) is 3.06. The minimum Gasteiger partial charge on any atom is -0.368 e. The van der Waals surface area contributed by atoms with E-state index in [2.05, 4.69) is 15.3 Å². The van der Waals surface area contributed by atoms with Crippen molar-refractivity contribution in [1.82, 2.24) is 9.97 Å². The zero-order valence-electron chi connectivity index (χ0n) is 9.54. The summed E-state index contributed by atoms with van der Waals surface area (Å²) < 4.78 is 0. The van der Waals surface area contributed by atoms with Gasteiger partial charge in [0.2, 0.25) is 5.91 Å². The molecule has 0 aromatic carbocycles. The van der Waals surface area contributed by atoms with Crippen LogP contribution in [0.4, 0.5) is 5.82 Å². The molecule has 0 aliphatic rings. The summed E-state index contributed by atoms with van der Waals surface area (Å²) in [7, 11) is 0. The van der Waals surface area contributed by atoms with Gasteiger partial charge in [-0.05, 0) is 6.92 Å². The molecule has 0 saturated carbocycles. The van der Waals surface area contributed by atoms with E-state index in [-0.39, 0.29) is 12.5 Å². The van der Waals surface area contributed by atoms with Crippen LogP contribution in [0.1, 0.15) is 31.2 Å². The Balaban J connectivity index is 3.01. The van der Waals surface area contributed by atoms with Gasteiger partial charge in [-0.2, -0.15) is 0 Å². The van der Waals surface area contributed by atoms with E-state index in [1.54, 1.807) is 6.92 Å². The van der Waals surface area contributed by atoms with Gasteiger partial charge in [-0.25, -0.2) is 9.97 Å². The normalized spacial score (nSPS) is 10.6. The molecule has 0 fully saturated rings. The van der Waals surface area contributed by atoms with Gasteiger partial charge < -0.3 is 11.1 Å². The lowest BCUT2D eigenvalue weighted by Crippen LogP contribution is -2.23. The molecule has 6 heteroatoms. The topological polar surface area (TPSA) is 80.9 Å². The van der Waals surface area contributed by atoms with Gasteiger partial charge in [0.15, 0.2) is 0 Å². The lowest BCUT2D eigenvalue weighted by molar-refractivity contribution is -0.116. The Morgan fingerprint density at radius 2 is 2.12 bits per heavy atom. The van der Waals surface area contributed by atoms with Crippen molar-refractivity contribution in [3.05, 3.63) is 16.5 Å². The molecule has 1 rings (SSSR count). The van der Waals surface area contributed by atoms with Crippen LogP contribution in [0.3, 0.4) is 0 Å². The third-order valence-electron chi connectivity index (χ3n) is 2.05. The summed E-state index contributed by atoms with van der Waals surface area (Å²) >= 11 is 5.97. The van der Waals surface area contributed by atoms with Crippen molar-refractivity contribution in [2.45, 2.75) is 26.7 Å². The first-order valence-corrected chi connectivity index (χ1v) is 5.35. The van der Waals surface area contributed by atoms with Crippen LogP contribution >= 0.6 is 11.6 Å². The van der Waals surface area contributed by atoms with Crippen LogP contribution in [-0.2, 0) is 4.79 Å². The Hall–Kier alpha value is -1.36. The predicted molar refractivity (Wildman–Crippen MR) is 63.6 cm³/mol. The molecule has 1 amide bonds. The molecular weight excluding hydrogens is 228 g/mol. The lowest BCUT2D eigenvalue weighted by Gasteiger charge is -2.11. The van der Waals surface area contributed by atoms with Crippen LogP contribution in [0.2, 0.25) is 5.15 Å². The maximum atomic E-state index is 10.7. The second-order valence-corrected chi connectivity index (χ2v) is 4.18. The van der Waals surface area contributed by atoms with Gasteiger partial charge in [0.1, 0.15) is 16.8 Å². The van der Waals surface area contributed by atoms with Gasteiger partial charge in [-0.3, -0.25) is 4.79 Å². The largest absolute Gasteiger partial charge is 0.368 e. The van der Waals surface area contributed by atoms with E-state index < -0.39 is 5.91 Å². The highest BCUT2D eigenvalue weighted by molar-refractivity contribution is 6.30. The SMILES string of the molecule is Cc1c(Cl)nc(C(C)C)nc1NCC(N)=O. The van der Waals surface area contributed by atoms with E-state index in [1.165, 1.54) is 0 Å². The summed E-state index contributed by atoms with van der Waals surface area (Å²) in [6.45, 7) is 5.76. The minimum absolute atomic E-state index is 0.0334. The number of amides is 1. The summed E-state index contributed by atoms with van der Waals surface area (Å²) in [5, 5.41) is 3.23. The summed E-state index contributed by atoms with van der Waals surface area (Å²) in [6, 6.07) is 0. The molecule has 1 aromatic rings. The molecule has 0 saturated heterocycles. The first-order chi connectivity index (χ1) is 7.41. The second kappa shape index (κ2) is 5.12. The molecule has 0 aliphatic carbocycles. The molecule has 0 unspecified atom stereocenters. The van der Waals surface area contributed by atoms with E-state index >= 15 is 0 Å². The molecular formula is C10H15ClN4O.